The molecular formula is C32H44N6O4. The second-order valence-corrected chi connectivity index (χ2v) is 13.4. The molecule has 2 aromatic rings. The lowest BCUT2D eigenvalue weighted by molar-refractivity contribution is -0.140. The molecule has 1 N–H and O–H groups in total. The van der Waals surface area contributed by atoms with Gasteiger partial charge in [0.2, 0.25) is 5.91 Å². The second-order valence-electron chi connectivity index (χ2n) is 13.4. The number of ether oxygens (including phenoxy) is 2. The highest BCUT2D eigenvalue weighted by Crippen LogP contribution is 2.35. The molecule has 0 radical (unpaired) electrons. The standard InChI is InChI=1S/C32H44N6O4/c1-31(2,3)42-30(40)38(19-23-8-9-23)26-7-6-14-37(20-26)25-10-11-28(34-18-25)32(21-41-22-32)29(39)35-24-15-27(17-33-16-24)36-12-4-5-13-36/h10-11,15-18,23,26H,4-9,12-14,19-22H2,1-3H3,(H,35,39)/t26-/m1/s1. The molecule has 4 aliphatic rings. The topological polar surface area (TPSA) is 100 Å². The molecule has 2 amide bonds. The molecule has 0 spiro atoms. The Bertz CT molecular complexity index is 1260. The third-order valence-electron chi connectivity index (χ3n) is 8.80. The first-order valence-electron chi connectivity index (χ1n) is 15.5. The molecule has 5 heterocycles. The Morgan fingerprint density at radius 1 is 1.02 bits per heavy atom. The van der Waals surface area contributed by atoms with E-state index in [1.165, 1.54) is 25.7 Å². The highest BCUT2D eigenvalue weighted by Gasteiger charge is 2.49. The number of anilines is 3. The van der Waals surface area contributed by atoms with Gasteiger partial charge in [-0.2, -0.15) is 0 Å². The van der Waals surface area contributed by atoms with E-state index >= 15 is 0 Å². The molecule has 42 heavy (non-hydrogen) atoms. The molecule has 2 aromatic heterocycles. The molecule has 10 heteroatoms. The third-order valence-corrected chi connectivity index (χ3v) is 8.80. The zero-order valence-corrected chi connectivity index (χ0v) is 25.2. The van der Waals surface area contributed by atoms with Crippen molar-refractivity contribution in [1.29, 1.82) is 0 Å². The molecule has 1 aliphatic carbocycles. The van der Waals surface area contributed by atoms with Gasteiger partial charge in [-0.3, -0.25) is 14.8 Å². The number of piperidine rings is 1. The fourth-order valence-corrected chi connectivity index (χ4v) is 6.17. The van der Waals surface area contributed by atoms with Crippen molar-refractivity contribution >= 4 is 29.1 Å². The van der Waals surface area contributed by atoms with Crippen molar-refractivity contribution in [2.24, 2.45) is 5.92 Å². The van der Waals surface area contributed by atoms with E-state index in [-0.39, 0.29) is 18.0 Å². The first-order valence-corrected chi connectivity index (χ1v) is 15.5. The highest BCUT2D eigenvalue weighted by molar-refractivity contribution is 6.00. The molecule has 0 unspecified atom stereocenters. The van der Waals surface area contributed by atoms with E-state index < -0.39 is 11.0 Å². The van der Waals surface area contributed by atoms with Gasteiger partial charge < -0.3 is 29.5 Å². The predicted octanol–water partition coefficient (Wildman–Crippen LogP) is 4.60. The van der Waals surface area contributed by atoms with Crippen LogP contribution in [0.3, 0.4) is 0 Å². The number of carbonyl (C=O) groups excluding carboxylic acids is 2. The van der Waals surface area contributed by atoms with Crippen LogP contribution in [0, 0.1) is 5.92 Å². The van der Waals surface area contributed by atoms with E-state index in [1.54, 1.807) is 6.20 Å². The number of pyridine rings is 2. The maximum atomic E-state index is 13.6. The van der Waals surface area contributed by atoms with Crippen LogP contribution in [-0.2, 0) is 19.7 Å². The van der Waals surface area contributed by atoms with Crippen molar-refractivity contribution in [3.8, 4) is 0 Å². The van der Waals surface area contributed by atoms with Gasteiger partial charge in [-0.05, 0) is 83.4 Å². The van der Waals surface area contributed by atoms with Crippen molar-refractivity contribution in [3.05, 3.63) is 42.5 Å². The molecule has 0 aromatic carbocycles. The summed E-state index contributed by atoms with van der Waals surface area (Å²) in [5.74, 6) is 0.458. The maximum absolute atomic E-state index is 13.6. The van der Waals surface area contributed by atoms with Gasteiger partial charge in [-0.1, -0.05) is 0 Å². The van der Waals surface area contributed by atoms with Crippen LogP contribution in [0.15, 0.2) is 36.8 Å². The largest absolute Gasteiger partial charge is 0.444 e. The van der Waals surface area contributed by atoms with Crippen molar-refractivity contribution in [2.75, 3.05) is 61.1 Å². The molecule has 3 saturated heterocycles. The summed E-state index contributed by atoms with van der Waals surface area (Å²) in [4.78, 5) is 42.5. The van der Waals surface area contributed by atoms with E-state index in [0.29, 0.717) is 30.5 Å². The normalized spacial score (nSPS) is 21.9. The summed E-state index contributed by atoms with van der Waals surface area (Å²) in [5.41, 5.74) is 2.08. The first kappa shape index (κ1) is 28.7. The number of carbonyl (C=O) groups is 2. The SMILES string of the molecule is CC(C)(C)OC(=O)N(CC1CC1)[C@@H]1CCCN(c2ccc(C3(C(=O)Nc4cncc(N5CCCC5)c4)COC3)nc2)C1. The molecule has 3 aliphatic heterocycles. The Morgan fingerprint density at radius 3 is 2.43 bits per heavy atom. The van der Waals surface area contributed by atoms with E-state index in [1.807, 2.05) is 56.3 Å². The van der Waals surface area contributed by atoms with E-state index in [0.717, 1.165) is 56.9 Å². The number of hydrogen-bond donors (Lipinski definition) is 1. The molecule has 4 fully saturated rings. The summed E-state index contributed by atoms with van der Waals surface area (Å²) in [6.45, 7) is 10.8. The fraction of sp³-hybridized carbons (Fsp3) is 0.625. The minimum atomic E-state index is -0.829. The Balaban J connectivity index is 1.13. The van der Waals surface area contributed by atoms with Crippen LogP contribution in [0.1, 0.15) is 65.0 Å². The van der Waals surface area contributed by atoms with E-state index in [4.69, 9.17) is 14.5 Å². The van der Waals surface area contributed by atoms with Gasteiger partial charge in [0, 0.05) is 32.7 Å². The number of nitrogens with one attached hydrogen (secondary N) is 1. The Morgan fingerprint density at radius 2 is 1.79 bits per heavy atom. The minimum Gasteiger partial charge on any atom is -0.444 e. The lowest BCUT2D eigenvalue weighted by Gasteiger charge is -2.41. The van der Waals surface area contributed by atoms with Crippen molar-refractivity contribution in [2.45, 2.75) is 76.4 Å². The first-order chi connectivity index (χ1) is 20.2. The van der Waals surface area contributed by atoms with Gasteiger partial charge in [-0.15, -0.1) is 0 Å². The quantitative estimate of drug-likeness (QED) is 0.487. The van der Waals surface area contributed by atoms with Crippen LogP contribution in [-0.4, -0.2) is 84.4 Å². The average Bonchev–Trinajstić information content (AvgIpc) is 3.59. The molecule has 0 bridgehead atoms. The van der Waals surface area contributed by atoms with E-state index in [2.05, 4.69) is 20.1 Å². The molecule has 226 valence electrons. The lowest BCUT2D eigenvalue weighted by Crippen LogP contribution is -2.56. The number of rotatable bonds is 8. The zero-order valence-electron chi connectivity index (χ0n) is 25.2. The number of nitrogens with zero attached hydrogens (tertiary/aromatic N) is 5. The fourth-order valence-electron chi connectivity index (χ4n) is 6.17. The maximum Gasteiger partial charge on any atom is 0.410 e. The molecule has 1 saturated carbocycles. The van der Waals surface area contributed by atoms with Gasteiger partial charge in [0.05, 0.1) is 60.6 Å². The van der Waals surface area contributed by atoms with Crippen LogP contribution in [0.5, 0.6) is 0 Å². The van der Waals surface area contributed by atoms with Gasteiger partial charge >= 0.3 is 6.09 Å². The van der Waals surface area contributed by atoms with Crippen molar-refractivity contribution < 1.29 is 19.1 Å². The van der Waals surface area contributed by atoms with Crippen LogP contribution < -0.4 is 15.1 Å². The van der Waals surface area contributed by atoms with Gasteiger partial charge in [-0.25, -0.2) is 4.79 Å². The molecule has 6 rings (SSSR count). The molecular weight excluding hydrogens is 532 g/mol. The highest BCUT2D eigenvalue weighted by atomic mass is 16.6. The van der Waals surface area contributed by atoms with Crippen molar-refractivity contribution in [3.63, 3.8) is 0 Å². The molecule has 1 atom stereocenters. The summed E-state index contributed by atoms with van der Waals surface area (Å²) >= 11 is 0. The summed E-state index contributed by atoms with van der Waals surface area (Å²) in [6.07, 6.45) is 11.9. The predicted molar refractivity (Wildman–Crippen MR) is 162 cm³/mol. The Kier molecular flexibility index (Phi) is 8.00. The van der Waals surface area contributed by atoms with Crippen LogP contribution in [0.2, 0.25) is 0 Å². The number of amides is 2. The summed E-state index contributed by atoms with van der Waals surface area (Å²) < 4.78 is 11.3. The number of hydrogen-bond acceptors (Lipinski definition) is 8. The van der Waals surface area contributed by atoms with Gasteiger partial charge in [0.1, 0.15) is 11.0 Å². The van der Waals surface area contributed by atoms with Crippen LogP contribution >= 0.6 is 0 Å². The van der Waals surface area contributed by atoms with Gasteiger partial charge in [0.25, 0.3) is 0 Å². The summed E-state index contributed by atoms with van der Waals surface area (Å²) in [6, 6.07) is 6.09. The van der Waals surface area contributed by atoms with Crippen molar-refractivity contribution in [1.82, 2.24) is 14.9 Å². The minimum absolute atomic E-state index is 0.0935. The van der Waals surface area contributed by atoms with Gasteiger partial charge in [0.15, 0.2) is 0 Å². The summed E-state index contributed by atoms with van der Waals surface area (Å²) in [5, 5.41) is 3.08. The van der Waals surface area contributed by atoms with E-state index in [9.17, 15) is 9.59 Å². The van der Waals surface area contributed by atoms with Crippen LogP contribution in [0.4, 0.5) is 21.9 Å². The third kappa shape index (κ3) is 6.33. The zero-order chi connectivity index (χ0) is 29.3. The molecule has 10 nitrogen and oxygen atoms in total. The Hall–Kier alpha value is -3.40. The monoisotopic (exact) mass is 576 g/mol. The average molecular weight is 577 g/mol. The number of aromatic nitrogens is 2. The second kappa shape index (κ2) is 11.7. The Labute approximate surface area is 248 Å². The summed E-state index contributed by atoms with van der Waals surface area (Å²) in [7, 11) is 0. The smallest absolute Gasteiger partial charge is 0.410 e. The lowest BCUT2D eigenvalue weighted by atomic mass is 9.80. The van der Waals surface area contributed by atoms with Crippen LogP contribution in [0.25, 0.3) is 0 Å².